The Kier molecular flexibility index (Phi) is 9.73. The van der Waals surface area contributed by atoms with Crippen LogP contribution in [-0.4, -0.2) is 47.0 Å². The van der Waals surface area contributed by atoms with Crippen LogP contribution in [0, 0.1) is 19.8 Å². The Balaban J connectivity index is 3.39. The summed E-state index contributed by atoms with van der Waals surface area (Å²) in [5.74, 6) is -0.767. The Labute approximate surface area is 193 Å². The standard InChI is InChI=1S/C25H41N3O4/c1-11-28(23(30)20(15(2)3)27-24(31)32-25(8,9)10)21(22(29)26-16(4)5)19-13-12-17(6)14-18(19)7/h12-16,20-21H,11H2,1-10H3,(H,26,29)(H,27,31). The fourth-order valence-corrected chi connectivity index (χ4v) is 3.54. The smallest absolute Gasteiger partial charge is 0.408 e. The van der Waals surface area contributed by atoms with Crippen molar-refractivity contribution in [1.29, 1.82) is 0 Å². The SMILES string of the molecule is CCN(C(=O)C(NC(=O)OC(C)(C)C)C(C)C)C(C(=O)NC(C)C)c1ccc(C)cc1C. The number of rotatable bonds is 8. The lowest BCUT2D eigenvalue weighted by molar-refractivity contribution is -0.143. The molecule has 0 saturated carbocycles. The van der Waals surface area contributed by atoms with E-state index in [1.807, 2.05) is 66.7 Å². The highest BCUT2D eigenvalue weighted by Crippen LogP contribution is 2.27. The summed E-state index contributed by atoms with van der Waals surface area (Å²) < 4.78 is 5.36. The number of nitrogens with zero attached hydrogens (tertiary/aromatic N) is 1. The molecule has 2 unspecified atom stereocenters. The number of ether oxygens (including phenoxy) is 1. The number of amides is 3. The van der Waals surface area contributed by atoms with E-state index < -0.39 is 23.8 Å². The minimum absolute atomic E-state index is 0.0784. The fraction of sp³-hybridized carbons (Fsp3) is 0.640. The van der Waals surface area contributed by atoms with Crippen molar-refractivity contribution in [3.63, 3.8) is 0 Å². The van der Waals surface area contributed by atoms with E-state index >= 15 is 0 Å². The van der Waals surface area contributed by atoms with E-state index in [9.17, 15) is 14.4 Å². The topological polar surface area (TPSA) is 87.7 Å². The highest BCUT2D eigenvalue weighted by atomic mass is 16.6. The van der Waals surface area contributed by atoms with Gasteiger partial charge in [0, 0.05) is 12.6 Å². The average molecular weight is 448 g/mol. The van der Waals surface area contributed by atoms with Gasteiger partial charge in [0.05, 0.1) is 0 Å². The zero-order valence-electron chi connectivity index (χ0n) is 21.3. The Morgan fingerprint density at radius 2 is 1.62 bits per heavy atom. The number of hydrogen-bond acceptors (Lipinski definition) is 4. The lowest BCUT2D eigenvalue weighted by Gasteiger charge is -2.35. The first-order valence-corrected chi connectivity index (χ1v) is 11.3. The zero-order chi connectivity index (χ0) is 24.8. The van der Waals surface area contributed by atoms with Gasteiger partial charge in [0.25, 0.3) is 0 Å². The van der Waals surface area contributed by atoms with Crippen molar-refractivity contribution in [2.24, 2.45) is 5.92 Å². The molecule has 1 rings (SSSR count). The van der Waals surface area contributed by atoms with Gasteiger partial charge in [0.2, 0.25) is 11.8 Å². The number of carbonyl (C=O) groups excluding carboxylic acids is 3. The highest BCUT2D eigenvalue weighted by molar-refractivity contribution is 5.92. The fourth-order valence-electron chi connectivity index (χ4n) is 3.54. The van der Waals surface area contributed by atoms with E-state index in [-0.39, 0.29) is 23.8 Å². The van der Waals surface area contributed by atoms with E-state index in [1.165, 1.54) is 4.90 Å². The molecule has 1 aromatic carbocycles. The number of aryl methyl sites for hydroxylation is 2. The molecule has 1 aromatic rings. The molecule has 180 valence electrons. The Morgan fingerprint density at radius 3 is 2.06 bits per heavy atom. The zero-order valence-corrected chi connectivity index (χ0v) is 21.3. The van der Waals surface area contributed by atoms with E-state index in [1.54, 1.807) is 20.8 Å². The van der Waals surface area contributed by atoms with Gasteiger partial charge in [0.15, 0.2) is 0 Å². The number of alkyl carbamates (subject to hydrolysis) is 1. The van der Waals surface area contributed by atoms with Crippen LogP contribution in [0.15, 0.2) is 18.2 Å². The molecule has 0 aromatic heterocycles. The maximum atomic E-state index is 13.7. The maximum Gasteiger partial charge on any atom is 0.408 e. The Hall–Kier alpha value is -2.57. The highest BCUT2D eigenvalue weighted by Gasteiger charge is 2.37. The van der Waals surface area contributed by atoms with E-state index in [4.69, 9.17) is 4.74 Å². The van der Waals surface area contributed by atoms with Gasteiger partial charge in [-0.1, -0.05) is 37.6 Å². The predicted molar refractivity (Wildman–Crippen MR) is 127 cm³/mol. The largest absolute Gasteiger partial charge is 0.444 e. The Morgan fingerprint density at radius 1 is 1.03 bits per heavy atom. The summed E-state index contributed by atoms with van der Waals surface area (Å²) in [7, 11) is 0. The molecule has 3 amide bonds. The normalized spacial score (nSPS) is 13.5. The monoisotopic (exact) mass is 447 g/mol. The van der Waals surface area contributed by atoms with Crippen LogP contribution < -0.4 is 10.6 Å². The van der Waals surface area contributed by atoms with Crippen LogP contribution >= 0.6 is 0 Å². The lowest BCUT2D eigenvalue weighted by Crippen LogP contribution is -2.55. The van der Waals surface area contributed by atoms with Gasteiger partial charge in [-0.3, -0.25) is 9.59 Å². The van der Waals surface area contributed by atoms with Gasteiger partial charge < -0.3 is 20.3 Å². The third-order valence-corrected chi connectivity index (χ3v) is 4.94. The van der Waals surface area contributed by atoms with Crippen molar-refractivity contribution >= 4 is 17.9 Å². The molecule has 0 aliphatic carbocycles. The molecule has 0 saturated heterocycles. The first-order valence-electron chi connectivity index (χ1n) is 11.3. The second kappa shape index (κ2) is 11.3. The first-order chi connectivity index (χ1) is 14.7. The molecule has 0 fully saturated rings. The number of carbonyl (C=O) groups is 3. The molecule has 0 heterocycles. The van der Waals surface area contributed by atoms with E-state index in [0.717, 1.165) is 16.7 Å². The third kappa shape index (κ3) is 7.84. The van der Waals surface area contributed by atoms with Gasteiger partial charge in [-0.2, -0.15) is 0 Å². The molecule has 0 aliphatic rings. The molecular formula is C25H41N3O4. The summed E-state index contributed by atoms with van der Waals surface area (Å²) in [5, 5.41) is 5.66. The molecule has 0 radical (unpaired) electrons. The summed E-state index contributed by atoms with van der Waals surface area (Å²) in [6, 6.07) is 4.13. The molecule has 0 bridgehead atoms. The first kappa shape index (κ1) is 27.5. The van der Waals surface area contributed by atoms with Gasteiger partial charge in [-0.25, -0.2) is 4.79 Å². The maximum absolute atomic E-state index is 13.7. The van der Waals surface area contributed by atoms with Crippen molar-refractivity contribution in [1.82, 2.24) is 15.5 Å². The molecule has 7 heteroatoms. The lowest BCUT2D eigenvalue weighted by atomic mass is 9.95. The van der Waals surface area contributed by atoms with Gasteiger partial charge in [-0.05, 0) is 72.4 Å². The summed E-state index contributed by atoms with van der Waals surface area (Å²) in [6.07, 6.45) is -0.657. The molecule has 2 N–H and O–H groups in total. The number of benzene rings is 1. The Bertz CT molecular complexity index is 812. The van der Waals surface area contributed by atoms with Crippen LogP contribution in [0.1, 0.15) is 78.1 Å². The second-order valence-electron chi connectivity index (χ2n) is 9.92. The van der Waals surface area contributed by atoms with Crippen LogP contribution in [0.25, 0.3) is 0 Å². The molecule has 32 heavy (non-hydrogen) atoms. The quantitative estimate of drug-likeness (QED) is 0.623. The van der Waals surface area contributed by atoms with Crippen LogP contribution in [0.2, 0.25) is 0 Å². The molecular weight excluding hydrogens is 406 g/mol. The minimum Gasteiger partial charge on any atom is -0.444 e. The number of hydrogen-bond donors (Lipinski definition) is 2. The van der Waals surface area contributed by atoms with Gasteiger partial charge >= 0.3 is 6.09 Å². The van der Waals surface area contributed by atoms with Crippen LogP contribution in [0.5, 0.6) is 0 Å². The summed E-state index contributed by atoms with van der Waals surface area (Å²) in [4.78, 5) is 40.9. The molecule has 2 atom stereocenters. The van der Waals surface area contributed by atoms with E-state index in [0.29, 0.717) is 6.54 Å². The van der Waals surface area contributed by atoms with Crippen LogP contribution in [0.4, 0.5) is 4.79 Å². The summed E-state index contributed by atoms with van der Waals surface area (Å²) in [5.41, 5.74) is 2.10. The predicted octanol–water partition coefficient (Wildman–Crippen LogP) is 4.27. The molecule has 0 spiro atoms. The van der Waals surface area contributed by atoms with E-state index in [2.05, 4.69) is 10.6 Å². The van der Waals surface area contributed by atoms with Crippen molar-refractivity contribution in [3.05, 3.63) is 34.9 Å². The molecule has 7 nitrogen and oxygen atoms in total. The molecule has 0 aliphatic heterocycles. The van der Waals surface area contributed by atoms with Crippen LogP contribution in [0.3, 0.4) is 0 Å². The average Bonchev–Trinajstić information content (AvgIpc) is 2.62. The minimum atomic E-state index is -0.829. The van der Waals surface area contributed by atoms with Gasteiger partial charge in [0.1, 0.15) is 17.7 Å². The van der Waals surface area contributed by atoms with Crippen molar-refractivity contribution in [2.75, 3.05) is 6.54 Å². The second-order valence-corrected chi connectivity index (χ2v) is 9.92. The van der Waals surface area contributed by atoms with Crippen molar-refractivity contribution in [2.45, 2.75) is 93.0 Å². The number of nitrogens with one attached hydrogen (secondary N) is 2. The van der Waals surface area contributed by atoms with Gasteiger partial charge in [-0.15, -0.1) is 0 Å². The van der Waals surface area contributed by atoms with Crippen molar-refractivity contribution < 1.29 is 19.1 Å². The third-order valence-electron chi connectivity index (χ3n) is 4.94. The van der Waals surface area contributed by atoms with Crippen molar-refractivity contribution in [3.8, 4) is 0 Å². The summed E-state index contributed by atoms with van der Waals surface area (Å²) >= 11 is 0. The number of likely N-dealkylation sites (N-methyl/N-ethyl adjacent to an activating group) is 1. The summed E-state index contributed by atoms with van der Waals surface area (Å²) in [6.45, 7) is 18.9. The van der Waals surface area contributed by atoms with Crippen LogP contribution in [-0.2, 0) is 14.3 Å².